The Labute approximate surface area is 417 Å². The van der Waals surface area contributed by atoms with Crippen LogP contribution in [0.1, 0.15) is 104 Å². The van der Waals surface area contributed by atoms with E-state index in [0.717, 1.165) is 61.5 Å². The van der Waals surface area contributed by atoms with Crippen LogP contribution in [0.4, 0.5) is 0 Å². The molecule has 0 spiro atoms. The van der Waals surface area contributed by atoms with Gasteiger partial charge in [0.2, 0.25) is 0 Å². The second kappa shape index (κ2) is 17.0. The van der Waals surface area contributed by atoms with Crippen LogP contribution in [-0.2, 0) is 42.7 Å². The third-order valence-corrected chi connectivity index (χ3v) is 13.9. The first-order valence-corrected chi connectivity index (χ1v) is 23.6. The zero-order valence-corrected chi connectivity index (χ0v) is 43.4. The van der Waals surface area contributed by atoms with Crippen LogP contribution in [-0.4, -0.2) is 19.6 Å². The summed E-state index contributed by atoms with van der Waals surface area (Å²) in [7, 11) is 0. The van der Waals surface area contributed by atoms with Gasteiger partial charge >= 0.3 is 0 Å². The second-order valence-corrected chi connectivity index (χ2v) is 22.0. The third kappa shape index (κ3) is 8.05. The molecule has 2 heterocycles. The minimum absolute atomic E-state index is 0. The van der Waals surface area contributed by atoms with Crippen LogP contribution in [0.2, 0.25) is 0 Å². The minimum atomic E-state index is -0.443. The zero-order chi connectivity index (χ0) is 47.2. The molecule has 2 aromatic heterocycles. The van der Waals surface area contributed by atoms with Gasteiger partial charge in [-0.15, -0.1) is 35.4 Å². The molecule has 10 rings (SSSR count). The second-order valence-electron chi connectivity index (χ2n) is 22.0. The summed E-state index contributed by atoms with van der Waals surface area (Å²) in [6.45, 7) is 24.7. The van der Waals surface area contributed by atoms with Gasteiger partial charge in [-0.2, -0.15) is 0 Å². The molecule has 0 saturated carbocycles. The molecular weight excluding hydrogens is 1010 g/mol. The topological polar surface area (TPSA) is 50.9 Å². The monoisotopic (exact) mass is 1070 g/mol. The Balaban J connectivity index is 0.00000578. The molecule has 0 radical (unpaired) electrons. The molecule has 344 valence electrons. The van der Waals surface area contributed by atoms with Crippen LogP contribution in [0.3, 0.4) is 0 Å². The van der Waals surface area contributed by atoms with E-state index in [1.165, 1.54) is 38.9 Å². The number of phenolic OH excluding ortho intramolecular Hbond substituents is 1. The van der Waals surface area contributed by atoms with Crippen LogP contribution in [0.15, 0.2) is 158 Å². The van der Waals surface area contributed by atoms with E-state index in [2.05, 4.69) is 232 Å². The first-order chi connectivity index (χ1) is 31.8. The van der Waals surface area contributed by atoms with E-state index in [0.29, 0.717) is 11.4 Å². The van der Waals surface area contributed by atoms with Crippen molar-refractivity contribution in [1.82, 2.24) is 14.5 Å². The number of phenols is 1. The zero-order valence-electron chi connectivity index (χ0n) is 41.1. The van der Waals surface area contributed by atoms with Crippen molar-refractivity contribution in [3.8, 4) is 78.7 Å². The smallest absolute Gasteiger partial charge is 0.149 e. The van der Waals surface area contributed by atoms with Crippen molar-refractivity contribution in [2.75, 3.05) is 0 Å². The van der Waals surface area contributed by atoms with E-state index in [9.17, 15) is 5.11 Å². The van der Waals surface area contributed by atoms with Gasteiger partial charge in [-0.25, -0.2) is 4.98 Å². The van der Waals surface area contributed by atoms with Crippen LogP contribution in [0, 0.1) is 6.07 Å². The molecule has 9 aromatic rings. The van der Waals surface area contributed by atoms with Gasteiger partial charge in [0.15, 0.2) is 0 Å². The Hall–Kier alpha value is -6.35. The summed E-state index contributed by atoms with van der Waals surface area (Å²) < 4.78 is 2.33. The summed E-state index contributed by atoms with van der Waals surface area (Å²) in [5.74, 6) is 0.933. The maximum atomic E-state index is 12.7. The number of aromatic hydroxyl groups is 1. The molecule has 0 saturated heterocycles. The number of benzene rings is 7. The molecule has 0 bridgehead atoms. The van der Waals surface area contributed by atoms with Crippen molar-refractivity contribution in [1.29, 1.82) is 0 Å². The molecule has 68 heavy (non-hydrogen) atoms. The maximum absolute atomic E-state index is 12.7. The van der Waals surface area contributed by atoms with Crippen molar-refractivity contribution in [3.63, 3.8) is 0 Å². The number of nitrogens with zero attached hydrogens (tertiary/aromatic N) is 3. The Kier molecular flexibility index (Phi) is 11.7. The normalized spacial score (nSPS) is 13.3. The molecule has 0 amide bonds. The van der Waals surface area contributed by atoms with Gasteiger partial charge in [0.05, 0.1) is 28.0 Å². The minimum Gasteiger partial charge on any atom is -0.507 e. The van der Waals surface area contributed by atoms with E-state index in [4.69, 9.17) is 9.97 Å². The molecule has 1 aliphatic rings. The molecule has 0 fully saturated rings. The van der Waals surface area contributed by atoms with Gasteiger partial charge in [0, 0.05) is 37.6 Å². The number of aromatic nitrogens is 3. The number of fused-ring (bicyclic) bond motifs is 6. The largest absolute Gasteiger partial charge is 0.507 e. The number of para-hydroxylation sites is 1. The van der Waals surface area contributed by atoms with Crippen molar-refractivity contribution in [2.45, 2.75) is 97.8 Å². The van der Waals surface area contributed by atoms with Gasteiger partial charge in [0.25, 0.3) is 0 Å². The predicted octanol–water partition coefficient (Wildman–Crippen LogP) is 16.5. The van der Waals surface area contributed by atoms with E-state index in [1.807, 2.05) is 12.1 Å². The standard InChI is InChI=1S/C63H60N3O.Pt/c1-60(2,3)42-35-49(58(67)51(36-42)62(7,8)9)59-65-57-48(53-38-43(61(4,5)6)37-52(64-53)41-25-19-24-40(34-41)39-22-13-12-14-23-39)30-21-33-55(57)66(59)54-32-20-29-47-45-27-16-15-26-44(45)46-28-17-18-31-50(46)63(10,11)56(47)54;/h12-24,26-38,67H,1-11H3;/q-1;. The fourth-order valence-corrected chi connectivity index (χ4v) is 10.2. The van der Waals surface area contributed by atoms with Crippen LogP contribution < -0.4 is 0 Å². The van der Waals surface area contributed by atoms with Crippen molar-refractivity contribution >= 4 is 11.0 Å². The summed E-state index contributed by atoms with van der Waals surface area (Å²) in [6, 6.07) is 60.0. The fourth-order valence-electron chi connectivity index (χ4n) is 10.2. The van der Waals surface area contributed by atoms with E-state index in [-0.39, 0.29) is 43.1 Å². The number of rotatable bonds is 5. The number of hydrogen-bond acceptors (Lipinski definition) is 3. The van der Waals surface area contributed by atoms with E-state index >= 15 is 0 Å². The molecule has 0 unspecified atom stereocenters. The van der Waals surface area contributed by atoms with Crippen molar-refractivity contribution < 1.29 is 26.2 Å². The molecule has 0 atom stereocenters. The quantitative estimate of drug-likeness (QED) is 0.175. The van der Waals surface area contributed by atoms with Crippen LogP contribution >= 0.6 is 0 Å². The fraction of sp³-hybridized carbons (Fsp3) is 0.238. The van der Waals surface area contributed by atoms with Gasteiger partial charge in [-0.05, 0) is 96.3 Å². The number of pyridine rings is 1. The Bertz CT molecular complexity index is 3390. The Morgan fingerprint density at radius 3 is 1.79 bits per heavy atom. The number of imidazole rings is 1. The number of hydrogen-bond donors (Lipinski definition) is 1. The molecule has 1 N–H and O–H groups in total. The summed E-state index contributed by atoms with van der Waals surface area (Å²) in [4.78, 5) is 11.2. The first-order valence-electron chi connectivity index (χ1n) is 23.6. The summed E-state index contributed by atoms with van der Waals surface area (Å²) in [5.41, 5.74) is 18.6. The van der Waals surface area contributed by atoms with Gasteiger partial charge in [0.1, 0.15) is 11.6 Å². The third-order valence-electron chi connectivity index (χ3n) is 13.9. The molecular formula is C63H60N3OPt-. The molecule has 1 aliphatic carbocycles. The Morgan fingerprint density at radius 1 is 0.515 bits per heavy atom. The van der Waals surface area contributed by atoms with E-state index < -0.39 is 5.41 Å². The summed E-state index contributed by atoms with van der Waals surface area (Å²) in [6.07, 6.45) is 0. The molecule has 0 aliphatic heterocycles. The average molecular weight is 1070 g/mol. The summed E-state index contributed by atoms with van der Waals surface area (Å²) in [5, 5.41) is 12.7. The molecule has 7 aromatic carbocycles. The SMILES string of the molecule is CC(C)(C)c1cc(-c2[c-]ccc(-c3ccccc3)c2)nc(-c2cccc3c2nc(-c2cc(C(C)(C)C)cc(C(C)(C)C)c2O)n3-c2cccc3c2C(C)(C)c2ccccc2-c2ccccc2-3)c1.[Pt]. The van der Waals surface area contributed by atoms with Gasteiger partial charge < -0.3 is 5.11 Å². The maximum Gasteiger partial charge on any atom is 0.149 e. The van der Waals surface area contributed by atoms with Gasteiger partial charge in [-0.3, -0.25) is 9.55 Å². The van der Waals surface area contributed by atoms with E-state index in [1.54, 1.807) is 0 Å². The molecule has 5 heteroatoms. The van der Waals surface area contributed by atoms with Crippen LogP contribution in [0.5, 0.6) is 5.75 Å². The predicted molar refractivity (Wildman–Crippen MR) is 280 cm³/mol. The average Bonchev–Trinajstić information content (AvgIpc) is 3.66. The van der Waals surface area contributed by atoms with Gasteiger partial charge in [-0.1, -0.05) is 191 Å². The summed E-state index contributed by atoms with van der Waals surface area (Å²) >= 11 is 0. The molecule has 4 nitrogen and oxygen atoms in total. The van der Waals surface area contributed by atoms with Crippen molar-refractivity contribution in [3.05, 3.63) is 192 Å². The Morgan fingerprint density at radius 2 is 1.10 bits per heavy atom. The first kappa shape index (κ1) is 46.7. The van der Waals surface area contributed by atoms with Crippen molar-refractivity contribution in [2.24, 2.45) is 0 Å². The van der Waals surface area contributed by atoms with Crippen LogP contribution in [0.25, 0.3) is 84.0 Å².